The number of allylic oxidation sites excluding steroid dienone is 2. The van der Waals surface area contributed by atoms with Crippen molar-refractivity contribution < 1.29 is 22.3 Å². The first-order chi connectivity index (χ1) is 12.2. The van der Waals surface area contributed by atoms with Crippen LogP contribution in [0.25, 0.3) is 0 Å². The van der Waals surface area contributed by atoms with Crippen molar-refractivity contribution in [3.63, 3.8) is 0 Å². The van der Waals surface area contributed by atoms with Gasteiger partial charge in [0, 0.05) is 18.8 Å². The summed E-state index contributed by atoms with van der Waals surface area (Å²) in [5.41, 5.74) is -0.369. The number of nitrogens with zero attached hydrogens (tertiary/aromatic N) is 3. The van der Waals surface area contributed by atoms with Gasteiger partial charge < -0.3 is 9.64 Å². The van der Waals surface area contributed by atoms with Crippen LogP contribution in [0.3, 0.4) is 0 Å². The van der Waals surface area contributed by atoms with Crippen molar-refractivity contribution in [2.45, 2.75) is 37.8 Å². The van der Waals surface area contributed by atoms with Crippen LogP contribution in [0.2, 0.25) is 5.15 Å². The normalized spacial score (nSPS) is 26.3. The predicted octanol–water partition coefficient (Wildman–Crippen LogP) is 4.57. The molecule has 9 heteroatoms. The Morgan fingerprint density at radius 2 is 2.08 bits per heavy atom. The molecule has 0 saturated carbocycles. The summed E-state index contributed by atoms with van der Waals surface area (Å²) in [6.07, 6.45) is 4.16. The van der Waals surface area contributed by atoms with Crippen LogP contribution >= 0.6 is 11.6 Å². The molecule has 0 radical (unpaired) electrons. The number of amidine groups is 1. The summed E-state index contributed by atoms with van der Waals surface area (Å²) in [6.45, 7) is -1.03. The highest BCUT2D eigenvalue weighted by molar-refractivity contribution is 6.30. The topological polar surface area (TPSA) is 37.7 Å². The number of rotatable bonds is 2. The molecular formula is C17H14ClF4N3O. The van der Waals surface area contributed by atoms with Gasteiger partial charge in [0.1, 0.15) is 10.7 Å². The van der Waals surface area contributed by atoms with Crippen molar-refractivity contribution in [1.82, 2.24) is 9.88 Å². The van der Waals surface area contributed by atoms with E-state index in [0.717, 1.165) is 0 Å². The van der Waals surface area contributed by atoms with E-state index in [9.17, 15) is 17.6 Å². The van der Waals surface area contributed by atoms with Gasteiger partial charge in [-0.25, -0.2) is 13.8 Å². The standard InChI is InChI=1S/C17H14ClF4N3O/c1-9-6-11(26-15(19)20)14-24-16(8-25(14)7-9)3-4-17(21,22)12-10(16)2-5-23-13(12)18/h2,5-7,15H,3-4,8H2,1H3/t16-/m1/s1. The number of halogens is 5. The first-order valence-electron chi connectivity index (χ1n) is 7.97. The fraction of sp³-hybridized carbons (Fsp3) is 0.412. The predicted molar refractivity (Wildman–Crippen MR) is 87.1 cm³/mol. The summed E-state index contributed by atoms with van der Waals surface area (Å²) >= 11 is 5.96. The van der Waals surface area contributed by atoms with Gasteiger partial charge in [0.05, 0.1) is 12.1 Å². The Balaban J connectivity index is 1.84. The minimum atomic E-state index is -3.11. The second kappa shape index (κ2) is 5.70. The Bertz CT molecular complexity index is 868. The van der Waals surface area contributed by atoms with E-state index in [0.29, 0.717) is 5.57 Å². The van der Waals surface area contributed by atoms with Crippen LogP contribution in [0.15, 0.2) is 40.9 Å². The van der Waals surface area contributed by atoms with Gasteiger partial charge >= 0.3 is 6.61 Å². The van der Waals surface area contributed by atoms with E-state index in [1.165, 1.54) is 18.3 Å². The Morgan fingerprint density at radius 1 is 1.31 bits per heavy atom. The number of aliphatic imine (C=N–C) groups is 1. The molecule has 0 aromatic carbocycles. The third kappa shape index (κ3) is 2.58. The summed E-state index contributed by atoms with van der Waals surface area (Å²) in [6, 6.07) is 1.48. The lowest BCUT2D eigenvalue weighted by molar-refractivity contribution is -0.0906. The van der Waals surface area contributed by atoms with Gasteiger partial charge in [-0.1, -0.05) is 11.6 Å². The van der Waals surface area contributed by atoms with E-state index < -0.39 is 24.5 Å². The zero-order valence-electron chi connectivity index (χ0n) is 13.6. The molecule has 138 valence electrons. The lowest BCUT2D eigenvalue weighted by Gasteiger charge is -2.37. The summed E-state index contributed by atoms with van der Waals surface area (Å²) in [5.74, 6) is -2.98. The largest absolute Gasteiger partial charge is 0.431 e. The highest BCUT2D eigenvalue weighted by atomic mass is 35.5. The molecule has 3 aliphatic rings. The van der Waals surface area contributed by atoms with E-state index in [4.69, 9.17) is 11.6 Å². The van der Waals surface area contributed by atoms with Gasteiger partial charge in [-0.15, -0.1) is 0 Å². The van der Waals surface area contributed by atoms with Crippen LogP contribution in [0.1, 0.15) is 30.9 Å². The number of alkyl halides is 4. The molecule has 26 heavy (non-hydrogen) atoms. The zero-order valence-corrected chi connectivity index (χ0v) is 14.4. The number of fused-ring (bicyclic) bond motifs is 3. The van der Waals surface area contributed by atoms with Crippen molar-refractivity contribution in [2.75, 3.05) is 6.54 Å². The van der Waals surface area contributed by atoms with Gasteiger partial charge in [-0.3, -0.25) is 4.99 Å². The molecule has 0 bridgehead atoms. The molecule has 3 heterocycles. The van der Waals surface area contributed by atoms with Crippen LogP contribution in [0.5, 0.6) is 0 Å². The number of pyridine rings is 1. The van der Waals surface area contributed by atoms with Crippen molar-refractivity contribution in [1.29, 1.82) is 0 Å². The average Bonchev–Trinajstić information content (AvgIpc) is 2.91. The molecule has 0 N–H and O–H groups in total. The highest BCUT2D eigenvalue weighted by Gasteiger charge is 2.53. The lowest BCUT2D eigenvalue weighted by Crippen LogP contribution is -2.39. The maximum atomic E-state index is 14.4. The quantitative estimate of drug-likeness (QED) is 0.551. The fourth-order valence-corrected chi connectivity index (χ4v) is 4.07. The van der Waals surface area contributed by atoms with Gasteiger partial charge in [-0.2, -0.15) is 8.78 Å². The van der Waals surface area contributed by atoms with E-state index in [2.05, 4.69) is 14.7 Å². The highest BCUT2D eigenvalue weighted by Crippen LogP contribution is 2.53. The maximum Gasteiger partial charge on any atom is 0.387 e. The summed E-state index contributed by atoms with van der Waals surface area (Å²) < 4.78 is 59.0. The fourth-order valence-electron chi connectivity index (χ4n) is 3.78. The maximum absolute atomic E-state index is 14.4. The molecule has 2 aliphatic heterocycles. The molecule has 1 aliphatic carbocycles. The lowest BCUT2D eigenvalue weighted by atomic mass is 9.76. The zero-order chi connectivity index (χ0) is 18.7. The Hall–Kier alpha value is -2.09. The Kier molecular flexibility index (Phi) is 3.80. The van der Waals surface area contributed by atoms with Crippen LogP contribution in [0.4, 0.5) is 17.6 Å². The van der Waals surface area contributed by atoms with Gasteiger partial charge in [-0.05, 0) is 36.6 Å². The van der Waals surface area contributed by atoms with Gasteiger partial charge in [0.15, 0.2) is 11.6 Å². The first-order valence-corrected chi connectivity index (χ1v) is 8.35. The van der Waals surface area contributed by atoms with Crippen LogP contribution in [0, 0.1) is 0 Å². The molecule has 4 rings (SSSR count). The van der Waals surface area contributed by atoms with E-state index in [-0.39, 0.29) is 40.8 Å². The van der Waals surface area contributed by atoms with Crippen molar-refractivity contribution in [2.24, 2.45) is 4.99 Å². The number of ether oxygens (including phenoxy) is 1. The third-order valence-electron chi connectivity index (χ3n) is 4.80. The molecule has 1 aromatic rings. The molecule has 1 spiro atoms. The summed E-state index contributed by atoms with van der Waals surface area (Å²) in [4.78, 5) is 10.0. The van der Waals surface area contributed by atoms with Crippen molar-refractivity contribution in [3.05, 3.63) is 52.2 Å². The molecule has 0 fully saturated rings. The van der Waals surface area contributed by atoms with Gasteiger partial charge in [0.25, 0.3) is 5.92 Å². The monoisotopic (exact) mass is 387 g/mol. The second-order valence-corrected chi connectivity index (χ2v) is 6.94. The number of aromatic nitrogens is 1. The van der Waals surface area contributed by atoms with Crippen LogP contribution in [-0.4, -0.2) is 28.9 Å². The molecule has 0 saturated heterocycles. The minimum Gasteiger partial charge on any atom is -0.431 e. The SMILES string of the molecule is CC1=CN2C[C@@]3(CCC(F)(F)c4c3ccnc4Cl)N=C2C(OC(F)F)=C1. The third-order valence-corrected chi connectivity index (χ3v) is 5.09. The molecular weight excluding hydrogens is 374 g/mol. The van der Waals surface area contributed by atoms with E-state index >= 15 is 0 Å². The average molecular weight is 388 g/mol. The minimum absolute atomic E-state index is 0.0577. The smallest absolute Gasteiger partial charge is 0.387 e. The molecule has 4 nitrogen and oxygen atoms in total. The summed E-state index contributed by atoms with van der Waals surface area (Å²) in [5, 5.41) is -0.261. The van der Waals surface area contributed by atoms with Gasteiger partial charge in [0.2, 0.25) is 0 Å². The second-order valence-electron chi connectivity index (χ2n) is 6.58. The molecule has 1 atom stereocenters. The Morgan fingerprint density at radius 3 is 2.81 bits per heavy atom. The number of hydrogen-bond acceptors (Lipinski definition) is 4. The molecule has 0 amide bonds. The van der Waals surface area contributed by atoms with Crippen LogP contribution in [-0.2, 0) is 16.2 Å². The van der Waals surface area contributed by atoms with E-state index in [1.807, 2.05) is 0 Å². The van der Waals surface area contributed by atoms with Crippen molar-refractivity contribution in [3.8, 4) is 0 Å². The first kappa shape index (κ1) is 17.3. The molecule has 1 aromatic heterocycles. The molecule has 0 unspecified atom stereocenters. The Labute approximate surface area is 151 Å². The number of hydrogen-bond donors (Lipinski definition) is 0. The van der Waals surface area contributed by atoms with Crippen LogP contribution < -0.4 is 0 Å². The van der Waals surface area contributed by atoms with Crippen molar-refractivity contribution >= 4 is 17.4 Å². The summed E-state index contributed by atoms with van der Waals surface area (Å²) in [7, 11) is 0. The van der Waals surface area contributed by atoms with E-state index in [1.54, 1.807) is 18.0 Å².